The third-order valence-electron chi connectivity index (χ3n) is 5.88. The Morgan fingerprint density at radius 1 is 1.25 bits per heavy atom. The molecule has 142 valence electrons. The van der Waals surface area contributed by atoms with E-state index in [9.17, 15) is 9.59 Å². The molecule has 1 aromatic carbocycles. The van der Waals surface area contributed by atoms with E-state index in [-0.39, 0.29) is 17.9 Å². The van der Waals surface area contributed by atoms with Gasteiger partial charge in [0.05, 0.1) is 17.0 Å². The van der Waals surface area contributed by atoms with Crippen molar-refractivity contribution in [3.8, 4) is 6.07 Å². The monoisotopic (exact) mass is 374 g/mol. The van der Waals surface area contributed by atoms with Crippen LogP contribution in [0, 0.1) is 16.7 Å². The van der Waals surface area contributed by atoms with E-state index in [1.54, 1.807) is 41.4 Å². The molecule has 1 aromatic heterocycles. The van der Waals surface area contributed by atoms with Crippen LogP contribution in [0.4, 0.5) is 5.69 Å². The number of aromatic nitrogens is 1. The smallest absolute Gasteiger partial charge is 0.270 e. The van der Waals surface area contributed by atoms with Gasteiger partial charge in [-0.05, 0) is 56.0 Å². The Labute approximate surface area is 164 Å². The molecule has 1 aliphatic carbocycles. The van der Waals surface area contributed by atoms with E-state index in [0.717, 1.165) is 31.4 Å². The molecule has 6 heteroatoms. The predicted octanol–water partition coefficient (Wildman–Crippen LogP) is 3.05. The highest BCUT2D eigenvalue weighted by Gasteiger charge is 2.49. The van der Waals surface area contributed by atoms with Crippen molar-refractivity contribution in [3.05, 3.63) is 59.9 Å². The van der Waals surface area contributed by atoms with Crippen molar-refractivity contribution in [2.45, 2.75) is 38.1 Å². The van der Waals surface area contributed by atoms with Gasteiger partial charge >= 0.3 is 0 Å². The lowest BCUT2D eigenvalue weighted by Crippen LogP contribution is -2.46. The van der Waals surface area contributed by atoms with Crippen molar-refractivity contribution in [1.82, 2.24) is 10.3 Å². The lowest BCUT2D eigenvalue weighted by molar-refractivity contribution is -0.127. The SMILES string of the molecule is N#Cc1cccc(N2CC[C@]3(CCC[C@H](NC(=O)c4ccccn4)C3)C2=O)c1. The Morgan fingerprint density at radius 2 is 2.14 bits per heavy atom. The zero-order chi connectivity index (χ0) is 19.6. The number of hydrogen-bond donors (Lipinski definition) is 1. The minimum absolute atomic E-state index is 0.0300. The first-order valence-corrected chi connectivity index (χ1v) is 9.65. The molecule has 1 saturated heterocycles. The van der Waals surface area contributed by atoms with E-state index in [4.69, 9.17) is 5.26 Å². The maximum Gasteiger partial charge on any atom is 0.270 e. The van der Waals surface area contributed by atoms with Crippen LogP contribution in [-0.4, -0.2) is 29.4 Å². The number of nitrogens with zero attached hydrogens (tertiary/aromatic N) is 3. The summed E-state index contributed by atoms with van der Waals surface area (Å²) < 4.78 is 0. The Hall–Kier alpha value is -3.20. The lowest BCUT2D eigenvalue weighted by Gasteiger charge is -2.36. The Balaban J connectivity index is 1.48. The van der Waals surface area contributed by atoms with Crippen molar-refractivity contribution in [2.24, 2.45) is 5.41 Å². The minimum atomic E-state index is -0.428. The number of carbonyl (C=O) groups excluding carboxylic acids is 2. The summed E-state index contributed by atoms with van der Waals surface area (Å²) in [6.45, 7) is 0.647. The van der Waals surface area contributed by atoms with Crippen molar-refractivity contribution in [1.29, 1.82) is 5.26 Å². The molecule has 0 unspecified atom stereocenters. The van der Waals surface area contributed by atoms with Crippen LogP contribution in [0.25, 0.3) is 0 Å². The maximum absolute atomic E-state index is 13.3. The van der Waals surface area contributed by atoms with Crippen molar-refractivity contribution in [2.75, 3.05) is 11.4 Å². The summed E-state index contributed by atoms with van der Waals surface area (Å²) in [6.07, 6.45) is 5.65. The van der Waals surface area contributed by atoms with Crippen LogP contribution in [0.3, 0.4) is 0 Å². The van der Waals surface area contributed by atoms with Crippen LogP contribution in [0.5, 0.6) is 0 Å². The van der Waals surface area contributed by atoms with Crippen LogP contribution in [0.2, 0.25) is 0 Å². The third-order valence-corrected chi connectivity index (χ3v) is 5.88. The molecule has 1 spiro atoms. The molecule has 6 nitrogen and oxygen atoms in total. The second kappa shape index (κ2) is 7.43. The molecular weight excluding hydrogens is 352 g/mol. The van der Waals surface area contributed by atoms with Gasteiger partial charge in [0.25, 0.3) is 5.91 Å². The van der Waals surface area contributed by atoms with Gasteiger partial charge in [0.15, 0.2) is 0 Å². The van der Waals surface area contributed by atoms with Gasteiger partial charge in [-0.1, -0.05) is 18.6 Å². The van der Waals surface area contributed by atoms with Gasteiger partial charge in [0.1, 0.15) is 5.69 Å². The molecule has 2 atom stereocenters. The zero-order valence-electron chi connectivity index (χ0n) is 15.6. The van der Waals surface area contributed by atoms with E-state index in [2.05, 4.69) is 16.4 Å². The highest BCUT2D eigenvalue weighted by atomic mass is 16.2. The molecule has 0 bridgehead atoms. The molecule has 1 saturated carbocycles. The number of anilines is 1. The fourth-order valence-corrected chi connectivity index (χ4v) is 4.47. The summed E-state index contributed by atoms with van der Waals surface area (Å²) in [5, 5.41) is 12.2. The summed E-state index contributed by atoms with van der Waals surface area (Å²) >= 11 is 0. The molecule has 4 rings (SSSR count). The summed E-state index contributed by atoms with van der Waals surface area (Å²) in [6, 6.07) is 14.5. The number of benzene rings is 1. The Kier molecular flexibility index (Phi) is 4.82. The first kappa shape index (κ1) is 18.2. The summed E-state index contributed by atoms with van der Waals surface area (Å²) in [4.78, 5) is 31.7. The molecule has 0 radical (unpaired) electrons. The lowest BCUT2D eigenvalue weighted by atomic mass is 9.71. The number of carbonyl (C=O) groups is 2. The van der Waals surface area contributed by atoms with Crippen LogP contribution < -0.4 is 10.2 Å². The Morgan fingerprint density at radius 3 is 2.93 bits per heavy atom. The molecule has 1 N–H and O–H groups in total. The van der Waals surface area contributed by atoms with Crippen molar-refractivity contribution >= 4 is 17.5 Å². The topological polar surface area (TPSA) is 86.1 Å². The first-order valence-electron chi connectivity index (χ1n) is 9.65. The molecule has 2 amide bonds. The highest BCUT2D eigenvalue weighted by molar-refractivity contribution is 6.00. The number of nitriles is 1. The molecule has 2 aromatic rings. The molecule has 1 aliphatic heterocycles. The van der Waals surface area contributed by atoms with Crippen LogP contribution in [0.15, 0.2) is 48.7 Å². The van der Waals surface area contributed by atoms with Crippen LogP contribution in [-0.2, 0) is 4.79 Å². The molecular formula is C22H22N4O2. The quantitative estimate of drug-likeness (QED) is 0.895. The standard InChI is InChI=1S/C22H22N4O2/c23-15-16-5-3-7-18(13-16)26-12-10-22(21(26)28)9-4-6-17(14-22)25-20(27)19-8-1-2-11-24-19/h1-3,5,7-8,11,13,17H,4,6,9-10,12,14H2,(H,25,27)/t17-,22-/m0/s1. The molecule has 2 fully saturated rings. The molecule has 2 heterocycles. The molecule has 28 heavy (non-hydrogen) atoms. The minimum Gasteiger partial charge on any atom is -0.348 e. The number of nitrogens with one attached hydrogen (secondary N) is 1. The Bertz CT molecular complexity index is 937. The van der Waals surface area contributed by atoms with E-state index in [0.29, 0.717) is 24.2 Å². The van der Waals surface area contributed by atoms with Crippen LogP contribution >= 0.6 is 0 Å². The number of hydrogen-bond acceptors (Lipinski definition) is 4. The van der Waals surface area contributed by atoms with Crippen LogP contribution in [0.1, 0.15) is 48.2 Å². The summed E-state index contributed by atoms with van der Waals surface area (Å²) in [7, 11) is 0. The van der Waals surface area contributed by atoms with E-state index in [1.165, 1.54) is 0 Å². The fraction of sp³-hybridized carbons (Fsp3) is 0.364. The second-order valence-electron chi connectivity index (χ2n) is 7.63. The largest absolute Gasteiger partial charge is 0.348 e. The first-order chi connectivity index (χ1) is 13.6. The van der Waals surface area contributed by atoms with Gasteiger partial charge in [0, 0.05) is 24.5 Å². The summed E-state index contributed by atoms with van der Waals surface area (Å²) in [5.41, 5.74) is 1.30. The number of amides is 2. The average molecular weight is 374 g/mol. The third kappa shape index (κ3) is 3.36. The highest BCUT2D eigenvalue weighted by Crippen LogP contribution is 2.46. The number of rotatable bonds is 3. The van der Waals surface area contributed by atoms with E-state index < -0.39 is 5.41 Å². The predicted molar refractivity (Wildman–Crippen MR) is 105 cm³/mol. The average Bonchev–Trinajstić information content (AvgIpc) is 3.04. The van der Waals surface area contributed by atoms with Gasteiger partial charge in [-0.2, -0.15) is 5.26 Å². The zero-order valence-corrected chi connectivity index (χ0v) is 15.6. The maximum atomic E-state index is 13.3. The fourth-order valence-electron chi connectivity index (χ4n) is 4.47. The second-order valence-corrected chi connectivity index (χ2v) is 7.63. The van der Waals surface area contributed by atoms with E-state index >= 15 is 0 Å². The van der Waals surface area contributed by atoms with Gasteiger partial charge in [-0.15, -0.1) is 0 Å². The van der Waals surface area contributed by atoms with E-state index in [1.807, 2.05) is 12.1 Å². The normalized spacial score (nSPS) is 24.2. The van der Waals surface area contributed by atoms with Gasteiger partial charge < -0.3 is 10.2 Å². The summed E-state index contributed by atoms with van der Waals surface area (Å²) in [5.74, 6) is -0.0777. The van der Waals surface area contributed by atoms with Crippen molar-refractivity contribution in [3.63, 3.8) is 0 Å². The molecule has 2 aliphatic rings. The van der Waals surface area contributed by atoms with Gasteiger partial charge in [-0.3, -0.25) is 14.6 Å². The van der Waals surface area contributed by atoms with Gasteiger partial charge in [-0.25, -0.2) is 0 Å². The van der Waals surface area contributed by atoms with Gasteiger partial charge in [0.2, 0.25) is 5.91 Å². The number of pyridine rings is 1. The van der Waals surface area contributed by atoms with Crippen molar-refractivity contribution < 1.29 is 9.59 Å².